The number of methoxy groups -OCH3 is 1. The lowest BCUT2D eigenvalue weighted by Gasteiger charge is -2.05. The lowest BCUT2D eigenvalue weighted by Crippen LogP contribution is -2.26. The summed E-state index contributed by atoms with van der Waals surface area (Å²) in [4.78, 5) is 19.6. The van der Waals surface area contributed by atoms with Gasteiger partial charge in [-0.05, 0) is 13.3 Å². The van der Waals surface area contributed by atoms with Crippen LogP contribution < -0.4 is 5.32 Å². The number of rotatable bonds is 8. The van der Waals surface area contributed by atoms with E-state index >= 15 is 0 Å². The van der Waals surface area contributed by atoms with E-state index in [-0.39, 0.29) is 5.91 Å². The molecule has 0 atom stereocenters. The van der Waals surface area contributed by atoms with Gasteiger partial charge in [0.2, 0.25) is 0 Å². The lowest BCUT2D eigenvalue weighted by atomic mass is 10.3. The highest BCUT2D eigenvalue weighted by atomic mass is 16.5. The quantitative estimate of drug-likeness (QED) is 0.686. The van der Waals surface area contributed by atoms with Crippen LogP contribution in [0.3, 0.4) is 0 Å². The minimum atomic E-state index is -0.209. The summed E-state index contributed by atoms with van der Waals surface area (Å²) in [5.74, 6) is -0.209. The molecule has 1 aromatic heterocycles. The van der Waals surface area contributed by atoms with Crippen molar-refractivity contribution in [3.05, 3.63) is 23.8 Å². The Morgan fingerprint density at radius 2 is 2.11 bits per heavy atom. The van der Waals surface area contributed by atoms with Crippen molar-refractivity contribution in [1.82, 2.24) is 15.3 Å². The molecule has 1 rings (SSSR count). The number of hydrogen-bond acceptors (Lipinski definition) is 5. The minimum absolute atomic E-state index is 0.209. The SMILES string of the molecule is COCCOCCCNC(=O)c1cnc(C)cn1. The fourth-order valence-corrected chi connectivity index (χ4v) is 1.22. The molecule has 0 aromatic carbocycles. The molecule has 0 aliphatic heterocycles. The molecule has 0 aliphatic rings. The van der Waals surface area contributed by atoms with Gasteiger partial charge in [0.25, 0.3) is 5.91 Å². The van der Waals surface area contributed by atoms with Gasteiger partial charge in [-0.15, -0.1) is 0 Å². The molecule has 1 aromatic rings. The van der Waals surface area contributed by atoms with Crippen LogP contribution in [0.15, 0.2) is 12.4 Å². The van der Waals surface area contributed by atoms with Crippen molar-refractivity contribution < 1.29 is 14.3 Å². The number of amides is 1. The number of nitrogens with zero attached hydrogens (tertiary/aromatic N) is 2. The van der Waals surface area contributed by atoms with Crippen molar-refractivity contribution in [1.29, 1.82) is 0 Å². The van der Waals surface area contributed by atoms with Gasteiger partial charge < -0.3 is 14.8 Å². The van der Waals surface area contributed by atoms with Crippen molar-refractivity contribution in [2.24, 2.45) is 0 Å². The standard InChI is InChI=1S/C12H19N3O3/c1-10-8-15-11(9-14-10)12(16)13-4-3-5-18-7-6-17-2/h8-9H,3-7H2,1-2H3,(H,13,16). The van der Waals surface area contributed by atoms with E-state index in [1.165, 1.54) is 6.20 Å². The van der Waals surface area contributed by atoms with Crippen LogP contribution in [0.2, 0.25) is 0 Å². The van der Waals surface area contributed by atoms with Gasteiger partial charge in [0.1, 0.15) is 5.69 Å². The molecule has 1 amide bonds. The fraction of sp³-hybridized carbons (Fsp3) is 0.583. The Kier molecular flexibility index (Phi) is 6.90. The van der Waals surface area contributed by atoms with Gasteiger partial charge >= 0.3 is 0 Å². The van der Waals surface area contributed by atoms with Crippen LogP contribution in [-0.4, -0.2) is 49.4 Å². The maximum absolute atomic E-state index is 11.6. The zero-order valence-corrected chi connectivity index (χ0v) is 10.8. The molecule has 0 saturated heterocycles. The van der Waals surface area contributed by atoms with Crippen LogP contribution in [0.5, 0.6) is 0 Å². The Bertz CT molecular complexity index is 354. The monoisotopic (exact) mass is 253 g/mol. The summed E-state index contributed by atoms with van der Waals surface area (Å²) in [6, 6.07) is 0. The second-order valence-electron chi connectivity index (χ2n) is 3.76. The van der Waals surface area contributed by atoms with Gasteiger partial charge in [-0.25, -0.2) is 4.98 Å². The molecule has 0 radical (unpaired) electrons. The van der Waals surface area contributed by atoms with Crippen molar-refractivity contribution >= 4 is 5.91 Å². The summed E-state index contributed by atoms with van der Waals surface area (Å²) in [7, 11) is 1.63. The average Bonchev–Trinajstić information content (AvgIpc) is 2.38. The van der Waals surface area contributed by atoms with Crippen LogP contribution in [0.25, 0.3) is 0 Å². The summed E-state index contributed by atoms with van der Waals surface area (Å²) in [6.07, 6.45) is 3.80. The third-order valence-corrected chi connectivity index (χ3v) is 2.20. The van der Waals surface area contributed by atoms with E-state index in [1.54, 1.807) is 13.3 Å². The first-order valence-corrected chi connectivity index (χ1v) is 5.87. The first kappa shape index (κ1) is 14.5. The summed E-state index contributed by atoms with van der Waals surface area (Å²) >= 11 is 0. The normalized spacial score (nSPS) is 10.3. The number of carbonyl (C=O) groups excluding carboxylic acids is 1. The number of aryl methyl sites for hydroxylation is 1. The maximum Gasteiger partial charge on any atom is 0.271 e. The summed E-state index contributed by atoms with van der Waals surface area (Å²) in [5, 5.41) is 2.76. The maximum atomic E-state index is 11.6. The van der Waals surface area contributed by atoms with Gasteiger partial charge in [0.15, 0.2) is 0 Å². The number of nitrogens with one attached hydrogen (secondary N) is 1. The highest BCUT2D eigenvalue weighted by Crippen LogP contribution is 1.93. The van der Waals surface area contributed by atoms with Crippen molar-refractivity contribution in [2.75, 3.05) is 33.5 Å². The number of ether oxygens (including phenoxy) is 2. The molecule has 6 heteroatoms. The molecule has 0 fully saturated rings. The molecular weight excluding hydrogens is 234 g/mol. The van der Waals surface area contributed by atoms with Gasteiger partial charge in [0, 0.05) is 26.5 Å². The van der Waals surface area contributed by atoms with E-state index in [9.17, 15) is 4.79 Å². The van der Waals surface area contributed by atoms with E-state index in [1.807, 2.05) is 6.92 Å². The van der Waals surface area contributed by atoms with E-state index in [4.69, 9.17) is 9.47 Å². The molecule has 0 aliphatic carbocycles. The molecule has 6 nitrogen and oxygen atoms in total. The van der Waals surface area contributed by atoms with E-state index in [0.29, 0.717) is 32.1 Å². The van der Waals surface area contributed by atoms with Crippen LogP contribution in [0.1, 0.15) is 22.6 Å². The molecule has 100 valence electrons. The molecule has 0 spiro atoms. The molecule has 0 bridgehead atoms. The molecule has 1 heterocycles. The summed E-state index contributed by atoms with van der Waals surface area (Å²) < 4.78 is 10.1. The second-order valence-corrected chi connectivity index (χ2v) is 3.76. The number of aromatic nitrogens is 2. The van der Waals surface area contributed by atoms with Gasteiger partial charge in [-0.3, -0.25) is 9.78 Å². The smallest absolute Gasteiger partial charge is 0.271 e. The first-order chi connectivity index (χ1) is 8.74. The highest BCUT2D eigenvalue weighted by Gasteiger charge is 2.05. The Balaban J connectivity index is 2.12. The van der Waals surface area contributed by atoms with Gasteiger partial charge in [-0.2, -0.15) is 0 Å². The Labute approximate surface area is 107 Å². The van der Waals surface area contributed by atoms with Crippen LogP contribution in [0, 0.1) is 6.92 Å². The highest BCUT2D eigenvalue weighted by molar-refractivity contribution is 5.91. The Morgan fingerprint density at radius 1 is 1.28 bits per heavy atom. The van der Waals surface area contributed by atoms with Crippen LogP contribution in [-0.2, 0) is 9.47 Å². The Morgan fingerprint density at radius 3 is 2.78 bits per heavy atom. The molecule has 18 heavy (non-hydrogen) atoms. The van der Waals surface area contributed by atoms with Crippen LogP contribution >= 0.6 is 0 Å². The number of hydrogen-bond donors (Lipinski definition) is 1. The van der Waals surface area contributed by atoms with Gasteiger partial charge in [0.05, 0.1) is 25.1 Å². The third-order valence-electron chi connectivity index (χ3n) is 2.20. The summed E-state index contributed by atoms with van der Waals surface area (Å²) in [6.45, 7) is 4.15. The van der Waals surface area contributed by atoms with Crippen molar-refractivity contribution in [2.45, 2.75) is 13.3 Å². The first-order valence-electron chi connectivity index (χ1n) is 5.87. The van der Waals surface area contributed by atoms with E-state index in [0.717, 1.165) is 12.1 Å². The van der Waals surface area contributed by atoms with Crippen molar-refractivity contribution in [3.63, 3.8) is 0 Å². The molecule has 0 unspecified atom stereocenters. The average molecular weight is 253 g/mol. The topological polar surface area (TPSA) is 73.3 Å². The third kappa shape index (κ3) is 5.70. The minimum Gasteiger partial charge on any atom is -0.382 e. The zero-order valence-electron chi connectivity index (χ0n) is 10.8. The number of carbonyl (C=O) groups is 1. The molecule has 0 saturated carbocycles. The Hall–Kier alpha value is -1.53. The zero-order chi connectivity index (χ0) is 13.2. The second kappa shape index (κ2) is 8.54. The predicted molar refractivity (Wildman–Crippen MR) is 66.4 cm³/mol. The van der Waals surface area contributed by atoms with E-state index < -0.39 is 0 Å². The van der Waals surface area contributed by atoms with Crippen molar-refractivity contribution in [3.8, 4) is 0 Å². The fourth-order valence-electron chi connectivity index (χ4n) is 1.22. The molecule has 1 N–H and O–H groups in total. The van der Waals surface area contributed by atoms with Crippen LogP contribution in [0.4, 0.5) is 0 Å². The largest absolute Gasteiger partial charge is 0.382 e. The molecular formula is C12H19N3O3. The lowest BCUT2D eigenvalue weighted by molar-refractivity contribution is 0.0688. The summed E-state index contributed by atoms with van der Waals surface area (Å²) in [5.41, 5.74) is 1.12. The van der Waals surface area contributed by atoms with E-state index in [2.05, 4.69) is 15.3 Å². The van der Waals surface area contributed by atoms with Gasteiger partial charge in [-0.1, -0.05) is 0 Å². The predicted octanol–water partition coefficient (Wildman–Crippen LogP) is 0.568.